The molecule has 0 spiro atoms. The van der Waals surface area contributed by atoms with Gasteiger partial charge in [0.15, 0.2) is 0 Å². The Balaban J connectivity index is 3.43. The van der Waals surface area contributed by atoms with Gasteiger partial charge in [-0.15, -0.1) is 0 Å². The number of pyridine rings is 1. The zero-order chi connectivity index (χ0) is 10.2. The van der Waals surface area contributed by atoms with E-state index in [1.54, 1.807) is 0 Å². The zero-order valence-electron chi connectivity index (χ0n) is 8.28. The second kappa shape index (κ2) is 3.37. The summed E-state index contributed by atoms with van der Waals surface area (Å²) in [6, 6.07) is 0. The van der Waals surface area contributed by atoms with Gasteiger partial charge in [0.25, 0.3) is 0 Å². The van der Waals surface area contributed by atoms with Crippen LogP contribution in [0.1, 0.15) is 31.9 Å². The van der Waals surface area contributed by atoms with Crippen molar-refractivity contribution in [3.05, 3.63) is 27.7 Å². The smallest absolute Gasteiger partial charge is 0.217 e. The van der Waals surface area contributed by atoms with E-state index in [2.05, 4.69) is 20.9 Å². The largest absolute Gasteiger partial charge is 0.228 e. The molecule has 0 saturated carbocycles. The Morgan fingerprint density at radius 1 is 1.38 bits per heavy atom. The molecule has 1 aromatic heterocycles. The highest BCUT2D eigenvalue weighted by atomic mass is 79.9. The van der Waals surface area contributed by atoms with Gasteiger partial charge in [-0.05, 0) is 33.8 Å². The van der Waals surface area contributed by atoms with Crippen molar-refractivity contribution < 1.29 is 4.39 Å². The maximum absolute atomic E-state index is 13.4. The molecule has 0 amide bonds. The summed E-state index contributed by atoms with van der Waals surface area (Å²) in [6.07, 6.45) is 1.54. The third kappa shape index (κ3) is 2.08. The van der Waals surface area contributed by atoms with Crippen LogP contribution in [0, 0.1) is 12.9 Å². The molecule has 0 unspecified atom stereocenters. The average Bonchev–Trinajstić information content (AvgIpc) is 1.95. The number of aryl methyl sites for hydroxylation is 1. The molecule has 1 aromatic rings. The van der Waals surface area contributed by atoms with Crippen LogP contribution < -0.4 is 0 Å². The average molecular weight is 246 g/mol. The van der Waals surface area contributed by atoms with Crippen LogP contribution in [0.2, 0.25) is 0 Å². The fourth-order valence-electron chi connectivity index (χ4n) is 1.20. The molecule has 0 aliphatic rings. The second-order valence-electron chi connectivity index (χ2n) is 4.17. The molecule has 0 bridgehead atoms. The van der Waals surface area contributed by atoms with Crippen molar-refractivity contribution >= 4 is 15.9 Å². The SMILES string of the molecule is Cc1cnc(F)c(C(C)(C)C)c1Br. The fourth-order valence-corrected chi connectivity index (χ4v) is 2.06. The van der Waals surface area contributed by atoms with Gasteiger partial charge in [-0.2, -0.15) is 4.39 Å². The number of halogens is 2. The van der Waals surface area contributed by atoms with Crippen molar-refractivity contribution in [2.45, 2.75) is 33.1 Å². The Kier molecular flexibility index (Phi) is 2.76. The summed E-state index contributed by atoms with van der Waals surface area (Å²) >= 11 is 3.39. The molecule has 1 rings (SSSR count). The van der Waals surface area contributed by atoms with E-state index in [1.165, 1.54) is 6.20 Å². The predicted octanol–water partition coefficient (Wildman–Crippen LogP) is 3.59. The summed E-state index contributed by atoms with van der Waals surface area (Å²) in [4.78, 5) is 3.71. The first-order valence-electron chi connectivity index (χ1n) is 4.15. The summed E-state index contributed by atoms with van der Waals surface area (Å²) < 4.78 is 14.2. The summed E-state index contributed by atoms with van der Waals surface area (Å²) in [7, 11) is 0. The Morgan fingerprint density at radius 3 is 2.31 bits per heavy atom. The molecular formula is C10H13BrFN. The molecule has 1 heterocycles. The van der Waals surface area contributed by atoms with Crippen LogP contribution in [0.3, 0.4) is 0 Å². The quantitative estimate of drug-likeness (QED) is 0.637. The Bertz CT molecular complexity index is 328. The highest BCUT2D eigenvalue weighted by molar-refractivity contribution is 9.10. The maximum Gasteiger partial charge on any atom is 0.217 e. The van der Waals surface area contributed by atoms with E-state index in [-0.39, 0.29) is 11.4 Å². The first kappa shape index (κ1) is 10.6. The van der Waals surface area contributed by atoms with Crippen molar-refractivity contribution in [3.63, 3.8) is 0 Å². The first-order chi connectivity index (χ1) is 5.84. The molecule has 0 N–H and O–H groups in total. The van der Waals surface area contributed by atoms with Crippen LogP contribution in [0.25, 0.3) is 0 Å². The van der Waals surface area contributed by atoms with E-state index < -0.39 is 0 Å². The van der Waals surface area contributed by atoms with Gasteiger partial charge in [-0.1, -0.05) is 20.8 Å². The van der Waals surface area contributed by atoms with E-state index in [1.807, 2.05) is 27.7 Å². The third-order valence-corrected chi connectivity index (χ3v) is 2.92. The van der Waals surface area contributed by atoms with E-state index in [0.717, 1.165) is 10.0 Å². The Labute approximate surface area is 86.5 Å². The van der Waals surface area contributed by atoms with E-state index in [4.69, 9.17) is 0 Å². The number of nitrogens with zero attached hydrogens (tertiary/aromatic N) is 1. The van der Waals surface area contributed by atoms with E-state index in [0.29, 0.717) is 5.56 Å². The lowest BCUT2D eigenvalue weighted by molar-refractivity contribution is 0.495. The molecule has 1 nitrogen and oxygen atoms in total. The number of hydrogen-bond donors (Lipinski definition) is 0. The van der Waals surface area contributed by atoms with Crippen molar-refractivity contribution in [1.82, 2.24) is 4.98 Å². The summed E-state index contributed by atoms with van der Waals surface area (Å²) in [5.41, 5.74) is 1.39. The van der Waals surface area contributed by atoms with Gasteiger partial charge >= 0.3 is 0 Å². The van der Waals surface area contributed by atoms with E-state index in [9.17, 15) is 4.39 Å². The van der Waals surface area contributed by atoms with Crippen LogP contribution in [-0.4, -0.2) is 4.98 Å². The number of rotatable bonds is 0. The minimum Gasteiger partial charge on any atom is -0.228 e. The molecule has 72 valence electrons. The number of aromatic nitrogens is 1. The second-order valence-corrected chi connectivity index (χ2v) is 4.96. The van der Waals surface area contributed by atoms with Gasteiger partial charge in [0.2, 0.25) is 5.95 Å². The van der Waals surface area contributed by atoms with Crippen LogP contribution in [0.15, 0.2) is 10.7 Å². The molecule has 3 heteroatoms. The van der Waals surface area contributed by atoms with Crippen LogP contribution in [0.5, 0.6) is 0 Å². The minimum absolute atomic E-state index is 0.220. The molecule has 0 aliphatic heterocycles. The lowest BCUT2D eigenvalue weighted by Crippen LogP contribution is -2.16. The first-order valence-corrected chi connectivity index (χ1v) is 4.94. The Morgan fingerprint density at radius 2 is 1.92 bits per heavy atom. The van der Waals surface area contributed by atoms with Crippen LogP contribution >= 0.6 is 15.9 Å². The normalized spacial score (nSPS) is 11.8. The highest BCUT2D eigenvalue weighted by Crippen LogP contribution is 2.32. The summed E-state index contributed by atoms with van der Waals surface area (Å²) in [6.45, 7) is 7.82. The molecule has 0 aliphatic carbocycles. The van der Waals surface area contributed by atoms with Gasteiger partial charge in [-0.25, -0.2) is 4.98 Å². The van der Waals surface area contributed by atoms with Crippen molar-refractivity contribution in [2.24, 2.45) is 0 Å². The van der Waals surface area contributed by atoms with Crippen molar-refractivity contribution in [1.29, 1.82) is 0 Å². The predicted molar refractivity (Wildman–Crippen MR) is 55.3 cm³/mol. The molecule has 0 radical (unpaired) electrons. The van der Waals surface area contributed by atoms with Gasteiger partial charge < -0.3 is 0 Å². The van der Waals surface area contributed by atoms with Crippen LogP contribution in [0.4, 0.5) is 4.39 Å². The molecule has 0 aromatic carbocycles. The maximum atomic E-state index is 13.4. The van der Waals surface area contributed by atoms with Gasteiger partial charge in [-0.3, -0.25) is 0 Å². The fraction of sp³-hybridized carbons (Fsp3) is 0.500. The topological polar surface area (TPSA) is 12.9 Å². The molecular weight excluding hydrogens is 233 g/mol. The molecule has 0 atom stereocenters. The lowest BCUT2D eigenvalue weighted by Gasteiger charge is -2.21. The zero-order valence-corrected chi connectivity index (χ0v) is 9.87. The monoisotopic (exact) mass is 245 g/mol. The summed E-state index contributed by atoms with van der Waals surface area (Å²) in [5, 5.41) is 0. The lowest BCUT2D eigenvalue weighted by atomic mass is 9.87. The Hall–Kier alpha value is -0.440. The molecule has 13 heavy (non-hydrogen) atoms. The van der Waals surface area contributed by atoms with Gasteiger partial charge in [0, 0.05) is 16.2 Å². The summed E-state index contributed by atoms with van der Waals surface area (Å²) in [5.74, 6) is -0.384. The number of hydrogen-bond acceptors (Lipinski definition) is 1. The van der Waals surface area contributed by atoms with E-state index >= 15 is 0 Å². The van der Waals surface area contributed by atoms with Gasteiger partial charge in [0.1, 0.15) is 0 Å². The van der Waals surface area contributed by atoms with Crippen LogP contribution in [-0.2, 0) is 5.41 Å². The molecule has 0 saturated heterocycles. The molecule has 0 fully saturated rings. The standard InChI is InChI=1S/C10H13BrFN/c1-6-5-13-9(12)7(8(6)11)10(2,3)4/h5H,1-4H3. The van der Waals surface area contributed by atoms with Crippen molar-refractivity contribution in [3.8, 4) is 0 Å². The highest BCUT2D eigenvalue weighted by Gasteiger charge is 2.23. The van der Waals surface area contributed by atoms with Gasteiger partial charge in [0.05, 0.1) is 0 Å². The van der Waals surface area contributed by atoms with Crippen molar-refractivity contribution in [2.75, 3.05) is 0 Å². The third-order valence-electron chi connectivity index (χ3n) is 1.89. The minimum atomic E-state index is -0.384.